The summed E-state index contributed by atoms with van der Waals surface area (Å²) in [5.74, 6) is 0.700. The van der Waals surface area contributed by atoms with Crippen molar-refractivity contribution < 1.29 is 5.11 Å². The average molecular weight is 235 g/mol. The molecule has 1 aliphatic carbocycles. The summed E-state index contributed by atoms with van der Waals surface area (Å²) in [7, 11) is 0. The first-order chi connectivity index (χ1) is 8.15. The van der Waals surface area contributed by atoms with Gasteiger partial charge >= 0.3 is 0 Å². The second-order valence-corrected chi connectivity index (χ2v) is 5.71. The zero-order valence-corrected chi connectivity index (χ0v) is 11.0. The van der Waals surface area contributed by atoms with Crippen molar-refractivity contribution in [3.63, 3.8) is 0 Å². The summed E-state index contributed by atoms with van der Waals surface area (Å²) in [4.78, 5) is 2.40. The van der Waals surface area contributed by atoms with Crippen LogP contribution in [-0.2, 0) is 0 Å². The summed E-state index contributed by atoms with van der Waals surface area (Å²) < 4.78 is 0. The number of hydrogen-bond donors (Lipinski definition) is 1. The zero-order valence-electron chi connectivity index (χ0n) is 11.0. The lowest BCUT2D eigenvalue weighted by atomic mass is 9.85. The zero-order chi connectivity index (χ0) is 12.3. The molecule has 96 valence electrons. The van der Waals surface area contributed by atoms with Crippen LogP contribution in [-0.4, -0.2) is 35.7 Å². The van der Waals surface area contributed by atoms with E-state index in [0.717, 1.165) is 32.5 Å². The van der Waals surface area contributed by atoms with E-state index in [1.165, 1.54) is 24.8 Å². The molecule has 0 spiro atoms. The van der Waals surface area contributed by atoms with Gasteiger partial charge in [-0.2, -0.15) is 0 Å². The van der Waals surface area contributed by atoms with E-state index >= 15 is 0 Å². The Kier molecular flexibility index (Phi) is 4.41. The van der Waals surface area contributed by atoms with Crippen LogP contribution < -0.4 is 0 Å². The largest absolute Gasteiger partial charge is 0.392 e. The van der Waals surface area contributed by atoms with Crippen molar-refractivity contribution in [1.82, 2.24) is 4.90 Å². The Hall–Kier alpha value is -0.600. The van der Waals surface area contributed by atoms with Crippen LogP contribution in [0.4, 0.5) is 0 Å². The van der Waals surface area contributed by atoms with E-state index in [1.54, 1.807) is 5.57 Å². The summed E-state index contributed by atoms with van der Waals surface area (Å²) in [6.45, 7) is 9.28. The summed E-state index contributed by atoms with van der Waals surface area (Å²) in [6, 6.07) is 0. The van der Waals surface area contributed by atoms with E-state index in [2.05, 4.69) is 24.5 Å². The second-order valence-electron chi connectivity index (χ2n) is 5.71. The smallest absolute Gasteiger partial charge is 0.0667 e. The molecule has 0 aromatic heterocycles. The minimum Gasteiger partial charge on any atom is -0.392 e. The van der Waals surface area contributed by atoms with Gasteiger partial charge in [0.2, 0.25) is 0 Å². The van der Waals surface area contributed by atoms with E-state index in [9.17, 15) is 5.11 Å². The molecule has 0 amide bonds. The number of allylic oxidation sites excluding steroid dienone is 2. The number of aliphatic hydroxyl groups is 1. The first kappa shape index (κ1) is 12.8. The lowest BCUT2D eigenvalue weighted by Crippen LogP contribution is -2.39. The lowest BCUT2D eigenvalue weighted by molar-refractivity contribution is 0.0750. The Bertz CT molecular complexity index is 308. The van der Waals surface area contributed by atoms with Gasteiger partial charge in [-0.15, -0.1) is 0 Å². The highest BCUT2D eigenvalue weighted by molar-refractivity contribution is 5.13. The molecule has 1 aliphatic heterocycles. The van der Waals surface area contributed by atoms with E-state index < -0.39 is 0 Å². The van der Waals surface area contributed by atoms with Gasteiger partial charge in [0.1, 0.15) is 0 Å². The van der Waals surface area contributed by atoms with Gasteiger partial charge in [-0.05, 0) is 51.5 Å². The van der Waals surface area contributed by atoms with Crippen molar-refractivity contribution in [2.24, 2.45) is 5.92 Å². The maximum Gasteiger partial charge on any atom is 0.0667 e. The molecule has 1 fully saturated rings. The molecule has 0 radical (unpaired) electrons. The van der Waals surface area contributed by atoms with Crippen molar-refractivity contribution in [2.75, 3.05) is 19.6 Å². The quantitative estimate of drug-likeness (QED) is 0.760. The van der Waals surface area contributed by atoms with Crippen LogP contribution in [0.25, 0.3) is 0 Å². The Morgan fingerprint density at radius 2 is 2.35 bits per heavy atom. The van der Waals surface area contributed by atoms with E-state index in [1.807, 2.05) is 0 Å². The predicted molar refractivity (Wildman–Crippen MR) is 71.9 cm³/mol. The number of piperidine rings is 1. The van der Waals surface area contributed by atoms with Gasteiger partial charge in [0.05, 0.1) is 6.10 Å². The van der Waals surface area contributed by atoms with Crippen LogP contribution in [0.1, 0.15) is 39.0 Å². The number of β-amino-alcohol motifs (C(OH)–C–C–N with tert-alkyl or cyclic N) is 1. The summed E-state index contributed by atoms with van der Waals surface area (Å²) in [6.07, 6.45) is 8.07. The Morgan fingerprint density at radius 3 is 2.94 bits per heavy atom. The molecular weight excluding hydrogens is 210 g/mol. The number of aliphatic hydroxyl groups excluding tert-OH is 1. The maximum atomic E-state index is 9.65. The third kappa shape index (κ3) is 3.68. The lowest BCUT2D eigenvalue weighted by Gasteiger charge is -2.32. The number of nitrogens with zero attached hydrogens (tertiary/aromatic N) is 1. The maximum absolute atomic E-state index is 9.65. The van der Waals surface area contributed by atoms with E-state index in [0.29, 0.717) is 5.92 Å². The average Bonchev–Trinajstić information content (AvgIpc) is 2.29. The predicted octanol–water partition coefficient (Wildman–Crippen LogP) is 2.75. The van der Waals surface area contributed by atoms with Gasteiger partial charge in [0.25, 0.3) is 0 Å². The monoisotopic (exact) mass is 235 g/mol. The fraction of sp³-hybridized carbons (Fsp3) is 0.733. The first-order valence-electron chi connectivity index (χ1n) is 6.89. The van der Waals surface area contributed by atoms with Crippen molar-refractivity contribution >= 4 is 0 Å². The molecule has 0 aromatic carbocycles. The highest BCUT2D eigenvalue weighted by Crippen LogP contribution is 2.28. The molecular formula is C15H25NO. The van der Waals surface area contributed by atoms with Gasteiger partial charge in [-0.1, -0.05) is 23.8 Å². The highest BCUT2D eigenvalue weighted by Gasteiger charge is 2.20. The van der Waals surface area contributed by atoms with Crippen molar-refractivity contribution in [1.29, 1.82) is 0 Å². The van der Waals surface area contributed by atoms with E-state index in [-0.39, 0.29) is 6.10 Å². The van der Waals surface area contributed by atoms with Gasteiger partial charge in [0.15, 0.2) is 0 Å². The molecule has 1 N–H and O–H groups in total. The molecule has 2 unspecified atom stereocenters. The molecule has 17 heavy (non-hydrogen) atoms. The molecule has 2 atom stereocenters. The van der Waals surface area contributed by atoms with Gasteiger partial charge in [-0.3, -0.25) is 4.90 Å². The third-order valence-electron chi connectivity index (χ3n) is 4.11. The second kappa shape index (κ2) is 5.83. The molecule has 1 saturated heterocycles. The number of rotatable bonds is 3. The van der Waals surface area contributed by atoms with E-state index in [4.69, 9.17) is 0 Å². The van der Waals surface area contributed by atoms with Crippen LogP contribution in [0, 0.1) is 5.92 Å². The normalized spacial score (nSPS) is 31.1. The SMILES string of the molecule is C=C(C)C1CC=C(CN2CCCC(O)C2)CC1. The van der Waals surface area contributed by atoms with Crippen LogP contribution >= 0.6 is 0 Å². The van der Waals surface area contributed by atoms with Crippen molar-refractivity contribution in [2.45, 2.75) is 45.1 Å². The summed E-state index contributed by atoms with van der Waals surface area (Å²) >= 11 is 0. The van der Waals surface area contributed by atoms with Crippen molar-refractivity contribution in [3.8, 4) is 0 Å². The van der Waals surface area contributed by atoms with Crippen LogP contribution in [0.3, 0.4) is 0 Å². The standard InChI is InChI=1S/C15H25NO/c1-12(2)14-7-5-13(6-8-14)10-16-9-3-4-15(17)11-16/h5,14-15,17H,1,3-4,6-11H2,2H3. The molecule has 2 rings (SSSR count). The minimum absolute atomic E-state index is 0.101. The fourth-order valence-electron chi connectivity index (χ4n) is 2.94. The number of likely N-dealkylation sites (tertiary alicyclic amines) is 1. The topological polar surface area (TPSA) is 23.5 Å². The molecule has 2 nitrogen and oxygen atoms in total. The Morgan fingerprint density at radius 1 is 1.53 bits per heavy atom. The molecule has 0 aromatic rings. The number of hydrogen-bond acceptors (Lipinski definition) is 2. The minimum atomic E-state index is -0.101. The van der Waals surface area contributed by atoms with Crippen LogP contribution in [0.2, 0.25) is 0 Å². The van der Waals surface area contributed by atoms with Crippen LogP contribution in [0.15, 0.2) is 23.8 Å². The molecule has 2 heteroatoms. The third-order valence-corrected chi connectivity index (χ3v) is 4.11. The molecule has 2 aliphatic rings. The van der Waals surface area contributed by atoms with Gasteiger partial charge in [0, 0.05) is 13.1 Å². The molecule has 1 heterocycles. The van der Waals surface area contributed by atoms with Gasteiger partial charge < -0.3 is 5.11 Å². The van der Waals surface area contributed by atoms with Crippen molar-refractivity contribution in [3.05, 3.63) is 23.8 Å². The Labute approximate surface area is 105 Å². The summed E-state index contributed by atoms with van der Waals surface area (Å²) in [5.41, 5.74) is 2.89. The molecule has 0 bridgehead atoms. The first-order valence-corrected chi connectivity index (χ1v) is 6.89. The molecule has 0 saturated carbocycles. The van der Waals surface area contributed by atoms with Crippen LogP contribution in [0.5, 0.6) is 0 Å². The summed E-state index contributed by atoms with van der Waals surface area (Å²) in [5, 5.41) is 9.65. The highest BCUT2D eigenvalue weighted by atomic mass is 16.3. The fourth-order valence-corrected chi connectivity index (χ4v) is 2.94. The van der Waals surface area contributed by atoms with Gasteiger partial charge in [-0.25, -0.2) is 0 Å². The Balaban J connectivity index is 1.82.